The van der Waals surface area contributed by atoms with Gasteiger partial charge in [0.1, 0.15) is 0 Å². The summed E-state index contributed by atoms with van der Waals surface area (Å²) in [6.45, 7) is 4.73. The minimum atomic E-state index is 0. The van der Waals surface area contributed by atoms with Gasteiger partial charge >= 0.3 is 0 Å². The molecule has 0 aromatic heterocycles. The van der Waals surface area contributed by atoms with Crippen molar-refractivity contribution in [3.05, 3.63) is 33.8 Å². The maximum Gasteiger partial charge on any atom is 0.220 e. The van der Waals surface area contributed by atoms with Crippen LogP contribution in [0.4, 0.5) is 0 Å². The van der Waals surface area contributed by atoms with Crippen molar-refractivity contribution in [1.82, 2.24) is 10.2 Å². The first kappa shape index (κ1) is 24.8. The van der Waals surface area contributed by atoms with Gasteiger partial charge in [-0.1, -0.05) is 29.3 Å². The Hall–Kier alpha value is -0.230. The fourth-order valence-corrected chi connectivity index (χ4v) is 3.11. The van der Waals surface area contributed by atoms with Crippen LogP contribution in [0.25, 0.3) is 0 Å². The van der Waals surface area contributed by atoms with Crippen molar-refractivity contribution in [3.8, 4) is 0 Å². The Kier molecular flexibility index (Phi) is 12.1. The molecule has 1 amide bonds. The average Bonchev–Trinajstić information content (AvgIpc) is 2.51. The third kappa shape index (κ3) is 8.80. The van der Waals surface area contributed by atoms with E-state index in [-0.39, 0.29) is 42.8 Å². The molecule has 0 aliphatic carbocycles. The van der Waals surface area contributed by atoms with E-state index in [1.165, 1.54) is 5.56 Å². The molecule has 2 rings (SSSR count). The highest BCUT2D eigenvalue weighted by atomic mass is 35.5. The number of nitrogens with zero attached hydrogens (tertiary/aromatic N) is 1. The van der Waals surface area contributed by atoms with Crippen LogP contribution >= 0.6 is 48.0 Å². The molecule has 0 bridgehead atoms. The number of rotatable bonds is 6. The van der Waals surface area contributed by atoms with Gasteiger partial charge in [-0.05, 0) is 43.9 Å². The molecule has 1 saturated heterocycles. The zero-order valence-electron chi connectivity index (χ0n) is 14.3. The number of piperidine rings is 1. The highest BCUT2D eigenvalue weighted by Gasteiger charge is 2.20. The Morgan fingerprint density at radius 3 is 2.48 bits per heavy atom. The van der Waals surface area contributed by atoms with Gasteiger partial charge in [-0.15, -0.1) is 24.8 Å². The maximum atomic E-state index is 11.9. The van der Waals surface area contributed by atoms with Gasteiger partial charge < -0.3 is 11.1 Å². The predicted molar refractivity (Wildman–Crippen MR) is 110 cm³/mol. The number of amides is 1. The number of benzene rings is 1. The summed E-state index contributed by atoms with van der Waals surface area (Å²) in [7, 11) is 0. The zero-order chi connectivity index (χ0) is 16.8. The van der Waals surface area contributed by atoms with Crippen LogP contribution in [0.5, 0.6) is 0 Å². The van der Waals surface area contributed by atoms with Gasteiger partial charge in [0.05, 0.1) is 10.0 Å². The SMILES string of the molecule is CC(N)CCC(=O)NC1CCN(Cc2ccc(Cl)c(Cl)c2)CC1.Cl.Cl. The molecule has 1 aliphatic rings. The maximum absolute atomic E-state index is 11.9. The average molecular weight is 431 g/mol. The highest BCUT2D eigenvalue weighted by Crippen LogP contribution is 2.24. The van der Waals surface area contributed by atoms with Crippen molar-refractivity contribution in [2.75, 3.05) is 13.1 Å². The number of nitrogens with one attached hydrogen (secondary N) is 1. The molecule has 0 radical (unpaired) electrons. The summed E-state index contributed by atoms with van der Waals surface area (Å²) in [5.74, 6) is 0.116. The quantitative estimate of drug-likeness (QED) is 0.715. The van der Waals surface area contributed by atoms with Crippen LogP contribution < -0.4 is 11.1 Å². The molecular formula is C17H27Cl4N3O. The summed E-state index contributed by atoms with van der Waals surface area (Å²) >= 11 is 12.0. The van der Waals surface area contributed by atoms with E-state index in [1.54, 1.807) is 0 Å². The van der Waals surface area contributed by atoms with Crippen LogP contribution in [0.1, 0.15) is 38.2 Å². The second-order valence-corrected chi connectivity index (χ2v) is 7.20. The molecule has 1 aliphatic heterocycles. The topological polar surface area (TPSA) is 58.4 Å². The highest BCUT2D eigenvalue weighted by molar-refractivity contribution is 6.42. The number of hydrogen-bond donors (Lipinski definition) is 2. The third-order valence-corrected chi connectivity index (χ3v) is 4.91. The van der Waals surface area contributed by atoms with Gasteiger partial charge in [0.15, 0.2) is 0 Å². The van der Waals surface area contributed by atoms with E-state index in [4.69, 9.17) is 28.9 Å². The van der Waals surface area contributed by atoms with Gasteiger partial charge in [0.2, 0.25) is 5.91 Å². The summed E-state index contributed by atoms with van der Waals surface area (Å²) < 4.78 is 0. The lowest BCUT2D eigenvalue weighted by molar-refractivity contribution is -0.122. The normalized spacial score (nSPS) is 16.5. The second kappa shape index (κ2) is 12.2. The lowest BCUT2D eigenvalue weighted by Gasteiger charge is -2.32. The molecular weight excluding hydrogens is 404 g/mol. The summed E-state index contributed by atoms with van der Waals surface area (Å²) in [5.41, 5.74) is 6.85. The minimum absolute atomic E-state index is 0. The van der Waals surface area contributed by atoms with E-state index in [1.807, 2.05) is 25.1 Å². The standard InChI is InChI=1S/C17H25Cl2N3O.2ClH/c1-12(20)2-5-17(23)21-14-6-8-22(9-7-14)11-13-3-4-15(18)16(19)10-13;;/h3-4,10,12,14H,2,5-9,11,20H2,1H3,(H,21,23);2*1H. The Morgan fingerprint density at radius 1 is 1.28 bits per heavy atom. The molecule has 1 heterocycles. The van der Waals surface area contributed by atoms with Crippen LogP contribution in [0.15, 0.2) is 18.2 Å². The van der Waals surface area contributed by atoms with Crippen molar-refractivity contribution < 1.29 is 4.79 Å². The number of hydrogen-bond acceptors (Lipinski definition) is 3. The molecule has 1 atom stereocenters. The van der Waals surface area contributed by atoms with E-state index in [9.17, 15) is 4.79 Å². The van der Waals surface area contributed by atoms with Crippen LogP contribution in [-0.4, -0.2) is 36.0 Å². The van der Waals surface area contributed by atoms with Crippen molar-refractivity contribution in [2.24, 2.45) is 5.73 Å². The van der Waals surface area contributed by atoms with E-state index in [0.717, 1.165) is 38.9 Å². The number of likely N-dealkylation sites (tertiary alicyclic amines) is 1. The van der Waals surface area contributed by atoms with Crippen molar-refractivity contribution in [2.45, 2.75) is 51.2 Å². The fraction of sp³-hybridized carbons (Fsp3) is 0.588. The molecule has 1 fully saturated rings. The molecule has 0 spiro atoms. The number of carbonyl (C=O) groups is 1. The summed E-state index contributed by atoms with van der Waals surface area (Å²) in [6.07, 6.45) is 3.21. The monoisotopic (exact) mass is 429 g/mol. The third-order valence-electron chi connectivity index (χ3n) is 4.17. The molecule has 144 valence electrons. The zero-order valence-corrected chi connectivity index (χ0v) is 17.5. The first-order valence-corrected chi connectivity index (χ1v) is 8.91. The first-order chi connectivity index (χ1) is 10.9. The van der Waals surface area contributed by atoms with Crippen molar-refractivity contribution in [1.29, 1.82) is 0 Å². The van der Waals surface area contributed by atoms with Gasteiger partial charge in [-0.25, -0.2) is 0 Å². The van der Waals surface area contributed by atoms with Crippen LogP contribution in [0.2, 0.25) is 10.0 Å². The van der Waals surface area contributed by atoms with E-state index in [2.05, 4.69) is 10.2 Å². The Labute approximate surface area is 172 Å². The lowest BCUT2D eigenvalue weighted by atomic mass is 10.0. The minimum Gasteiger partial charge on any atom is -0.353 e. The van der Waals surface area contributed by atoms with Gasteiger partial charge in [0, 0.05) is 38.1 Å². The molecule has 1 unspecified atom stereocenters. The second-order valence-electron chi connectivity index (χ2n) is 6.38. The van der Waals surface area contributed by atoms with Gasteiger partial charge in [-0.2, -0.15) is 0 Å². The van der Waals surface area contributed by atoms with E-state index in [0.29, 0.717) is 16.5 Å². The fourth-order valence-electron chi connectivity index (χ4n) is 2.79. The summed E-state index contributed by atoms with van der Waals surface area (Å²) in [5, 5.41) is 4.30. The van der Waals surface area contributed by atoms with Gasteiger partial charge in [-0.3, -0.25) is 9.69 Å². The molecule has 0 saturated carbocycles. The molecule has 4 nitrogen and oxygen atoms in total. The lowest BCUT2D eigenvalue weighted by Crippen LogP contribution is -2.44. The molecule has 1 aromatic rings. The Balaban J connectivity index is 0.00000288. The number of nitrogens with two attached hydrogens (primary N) is 1. The predicted octanol–water partition coefficient (Wildman–Crippen LogP) is 4.05. The summed E-state index contributed by atoms with van der Waals surface area (Å²) in [4.78, 5) is 14.2. The molecule has 8 heteroatoms. The smallest absolute Gasteiger partial charge is 0.220 e. The Bertz CT molecular complexity index is 535. The molecule has 3 N–H and O–H groups in total. The van der Waals surface area contributed by atoms with E-state index >= 15 is 0 Å². The number of carbonyl (C=O) groups excluding carboxylic acids is 1. The van der Waals surface area contributed by atoms with Crippen molar-refractivity contribution in [3.63, 3.8) is 0 Å². The Morgan fingerprint density at radius 2 is 1.92 bits per heavy atom. The van der Waals surface area contributed by atoms with Crippen LogP contribution in [0, 0.1) is 0 Å². The van der Waals surface area contributed by atoms with Crippen LogP contribution in [0.3, 0.4) is 0 Å². The largest absolute Gasteiger partial charge is 0.353 e. The first-order valence-electron chi connectivity index (χ1n) is 8.15. The molecule has 1 aromatic carbocycles. The van der Waals surface area contributed by atoms with Crippen LogP contribution in [-0.2, 0) is 11.3 Å². The van der Waals surface area contributed by atoms with Gasteiger partial charge in [0.25, 0.3) is 0 Å². The van der Waals surface area contributed by atoms with Crippen molar-refractivity contribution >= 4 is 53.9 Å². The van der Waals surface area contributed by atoms with E-state index < -0.39 is 0 Å². The number of halogens is 4. The summed E-state index contributed by atoms with van der Waals surface area (Å²) in [6, 6.07) is 6.13. The molecule has 25 heavy (non-hydrogen) atoms.